The number of benzene rings is 1. The van der Waals surface area contributed by atoms with Gasteiger partial charge in [-0.3, -0.25) is 16.0 Å². The van der Waals surface area contributed by atoms with E-state index in [-0.39, 0.29) is 11.4 Å². The number of hydrogen-bond donors (Lipinski definition) is 3. The molecule has 0 aromatic heterocycles. The highest BCUT2D eigenvalue weighted by atomic mass is 16.6. The SMILES string of the molecule is COCCOCCCNc1cccc(NN)c1[N+](=O)[O-]. The topological polar surface area (TPSA) is 112 Å². The van der Waals surface area contributed by atoms with Crippen LogP contribution in [-0.4, -0.2) is 38.4 Å². The van der Waals surface area contributed by atoms with Crippen LogP contribution in [0.1, 0.15) is 6.42 Å². The molecule has 20 heavy (non-hydrogen) atoms. The molecule has 0 atom stereocenters. The highest BCUT2D eigenvalue weighted by Gasteiger charge is 2.18. The van der Waals surface area contributed by atoms with Crippen molar-refractivity contribution < 1.29 is 14.4 Å². The van der Waals surface area contributed by atoms with Gasteiger partial charge in [-0.25, -0.2) is 0 Å². The third-order valence-electron chi connectivity index (χ3n) is 2.59. The first-order chi connectivity index (χ1) is 9.70. The highest BCUT2D eigenvalue weighted by molar-refractivity contribution is 5.75. The molecule has 0 aliphatic carbocycles. The smallest absolute Gasteiger partial charge is 0.316 e. The number of methoxy groups -OCH3 is 1. The standard InChI is InChI=1S/C12H20N4O4/c1-19-8-9-20-7-3-6-14-10-4-2-5-11(15-13)12(10)16(17)18/h2,4-5,14-15H,3,6-9,13H2,1H3. The number of nitrogen functional groups attached to an aromatic ring is 1. The lowest BCUT2D eigenvalue weighted by atomic mass is 10.2. The van der Waals surface area contributed by atoms with Crippen LogP contribution in [0.25, 0.3) is 0 Å². The van der Waals surface area contributed by atoms with Crippen LogP contribution in [0.3, 0.4) is 0 Å². The largest absolute Gasteiger partial charge is 0.382 e. The van der Waals surface area contributed by atoms with Gasteiger partial charge in [0, 0.05) is 20.3 Å². The fourth-order valence-electron chi connectivity index (χ4n) is 1.64. The van der Waals surface area contributed by atoms with E-state index in [9.17, 15) is 10.1 Å². The Bertz CT molecular complexity index is 428. The molecule has 1 aromatic rings. The summed E-state index contributed by atoms with van der Waals surface area (Å²) >= 11 is 0. The van der Waals surface area contributed by atoms with E-state index in [0.717, 1.165) is 6.42 Å². The Kier molecular flexibility index (Phi) is 7.33. The summed E-state index contributed by atoms with van der Waals surface area (Å²) in [5.74, 6) is 5.27. The second-order valence-electron chi connectivity index (χ2n) is 3.99. The van der Waals surface area contributed by atoms with Gasteiger partial charge in [0.05, 0.1) is 18.1 Å². The zero-order valence-electron chi connectivity index (χ0n) is 11.4. The van der Waals surface area contributed by atoms with Gasteiger partial charge in [0.15, 0.2) is 0 Å². The van der Waals surface area contributed by atoms with Gasteiger partial charge in [-0.05, 0) is 18.6 Å². The molecule has 0 aliphatic rings. The second-order valence-corrected chi connectivity index (χ2v) is 3.99. The highest BCUT2D eigenvalue weighted by Crippen LogP contribution is 2.31. The Labute approximate surface area is 117 Å². The third kappa shape index (κ3) is 5.00. The number of hydrazine groups is 1. The Morgan fingerprint density at radius 1 is 1.30 bits per heavy atom. The van der Waals surface area contributed by atoms with Crippen molar-refractivity contribution in [1.29, 1.82) is 0 Å². The van der Waals surface area contributed by atoms with Crippen molar-refractivity contribution in [3.05, 3.63) is 28.3 Å². The monoisotopic (exact) mass is 284 g/mol. The lowest BCUT2D eigenvalue weighted by molar-refractivity contribution is -0.383. The Morgan fingerprint density at radius 3 is 2.70 bits per heavy atom. The second kappa shape index (κ2) is 9.08. The number of nitrogens with two attached hydrogens (primary N) is 1. The number of nitro benzene ring substituents is 1. The van der Waals surface area contributed by atoms with E-state index < -0.39 is 4.92 Å². The molecule has 0 heterocycles. The van der Waals surface area contributed by atoms with Crippen molar-refractivity contribution in [3.8, 4) is 0 Å². The number of rotatable bonds is 10. The van der Waals surface area contributed by atoms with Crippen molar-refractivity contribution in [2.45, 2.75) is 6.42 Å². The number of anilines is 2. The molecule has 1 aromatic carbocycles. The van der Waals surface area contributed by atoms with Crippen LogP contribution in [0.2, 0.25) is 0 Å². The number of para-hydroxylation sites is 1. The number of nitro groups is 1. The first-order valence-electron chi connectivity index (χ1n) is 6.25. The predicted molar refractivity (Wildman–Crippen MR) is 76.7 cm³/mol. The molecule has 0 saturated carbocycles. The quantitative estimate of drug-likeness (QED) is 0.257. The maximum absolute atomic E-state index is 11.0. The number of nitrogens with one attached hydrogen (secondary N) is 2. The molecule has 0 saturated heterocycles. The van der Waals surface area contributed by atoms with Crippen LogP contribution in [0.4, 0.5) is 17.1 Å². The summed E-state index contributed by atoms with van der Waals surface area (Å²) in [6, 6.07) is 4.89. The average molecular weight is 284 g/mol. The summed E-state index contributed by atoms with van der Waals surface area (Å²) in [5.41, 5.74) is 2.97. The van der Waals surface area contributed by atoms with Gasteiger partial charge in [0.25, 0.3) is 0 Å². The van der Waals surface area contributed by atoms with Crippen molar-refractivity contribution in [2.75, 3.05) is 44.2 Å². The third-order valence-corrected chi connectivity index (χ3v) is 2.59. The number of hydrogen-bond acceptors (Lipinski definition) is 7. The molecule has 0 spiro atoms. The van der Waals surface area contributed by atoms with E-state index in [4.69, 9.17) is 15.3 Å². The molecule has 4 N–H and O–H groups in total. The Balaban J connectivity index is 2.45. The first-order valence-corrected chi connectivity index (χ1v) is 6.25. The molecule has 0 bridgehead atoms. The summed E-state index contributed by atoms with van der Waals surface area (Å²) in [7, 11) is 1.61. The van der Waals surface area contributed by atoms with Gasteiger partial charge in [0.1, 0.15) is 11.4 Å². The molecule has 1 rings (SSSR count). The summed E-state index contributed by atoms with van der Waals surface area (Å²) in [6.07, 6.45) is 0.737. The molecule has 0 fully saturated rings. The van der Waals surface area contributed by atoms with Gasteiger partial charge >= 0.3 is 5.69 Å². The van der Waals surface area contributed by atoms with E-state index in [0.29, 0.717) is 32.1 Å². The van der Waals surface area contributed by atoms with Gasteiger partial charge in [-0.1, -0.05) is 6.07 Å². The van der Waals surface area contributed by atoms with Crippen molar-refractivity contribution in [3.63, 3.8) is 0 Å². The lowest BCUT2D eigenvalue weighted by Crippen LogP contribution is -2.12. The fraction of sp³-hybridized carbons (Fsp3) is 0.500. The lowest BCUT2D eigenvalue weighted by Gasteiger charge is -2.10. The minimum Gasteiger partial charge on any atom is -0.382 e. The van der Waals surface area contributed by atoms with Crippen molar-refractivity contribution in [1.82, 2.24) is 0 Å². The van der Waals surface area contributed by atoms with Gasteiger partial charge < -0.3 is 20.2 Å². The van der Waals surface area contributed by atoms with Crippen molar-refractivity contribution in [2.24, 2.45) is 5.84 Å². The van der Waals surface area contributed by atoms with Crippen LogP contribution in [0.5, 0.6) is 0 Å². The maximum atomic E-state index is 11.0. The van der Waals surface area contributed by atoms with E-state index in [1.165, 1.54) is 0 Å². The van der Waals surface area contributed by atoms with Crippen LogP contribution >= 0.6 is 0 Å². The zero-order chi connectivity index (χ0) is 14.8. The molecular weight excluding hydrogens is 264 g/mol. The predicted octanol–water partition coefficient (Wildman–Crippen LogP) is 1.35. The molecular formula is C12H20N4O4. The zero-order valence-corrected chi connectivity index (χ0v) is 11.4. The Morgan fingerprint density at radius 2 is 2.05 bits per heavy atom. The van der Waals surface area contributed by atoms with E-state index in [1.54, 1.807) is 25.3 Å². The average Bonchev–Trinajstić information content (AvgIpc) is 2.45. The van der Waals surface area contributed by atoms with Crippen LogP contribution in [-0.2, 0) is 9.47 Å². The summed E-state index contributed by atoms with van der Waals surface area (Å²) in [6.45, 7) is 2.24. The summed E-state index contributed by atoms with van der Waals surface area (Å²) < 4.78 is 10.2. The molecule has 112 valence electrons. The molecule has 8 nitrogen and oxygen atoms in total. The van der Waals surface area contributed by atoms with Gasteiger partial charge in [-0.15, -0.1) is 0 Å². The fourth-order valence-corrected chi connectivity index (χ4v) is 1.64. The van der Waals surface area contributed by atoms with Gasteiger partial charge in [-0.2, -0.15) is 0 Å². The molecule has 8 heteroatoms. The molecule has 0 amide bonds. The van der Waals surface area contributed by atoms with E-state index in [1.807, 2.05) is 0 Å². The van der Waals surface area contributed by atoms with E-state index in [2.05, 4.69) is 10.7 Å². The Hall–Kier alpha value is -1.90. The minimum absolute atomic E-state index is 0.0599. The molecule has 0 aliphatic heterocycles. The first kappa shape index (κ1) is 16.2. The molecule has 0 radical (unpaired) electrons. The minimum atomic E-state index is -0.466. The summed E-state index contributed by atoms with van der Waals surface area (Å²) in [4.78, 5) is 10.6. The van der Waals surface area contributed by atoms with E-state index >= 15 is 0 Å². The van der Waals surface area contributed by atoms with Crippen LogP contribution in [0, 0.1) is 10.1 Å². The maximum Gasteiger partial charge on any atom is 0.316 e. The van der Waals surface area contributed by atoms with Crippen LogP contribution < -0.4 is 16.6 Å². The number of nitrogens with zero attached hydrogens (tertiary/aromatic N) is 1. The van der Waals surface area contributed by atoms with Gasteiger partial charge in [0.2, 0.25) is 0 Å². The van der Waals surface area contributed by atoms with Crippen molar-refractivity contribution >= 4 is 17.1 Å². The summed E-state index contributed by atoms with van der Waals surface area (Å²) in [5, 5.41) is 14.1. The van der Waals surface area contributed by atoms with Crippen LogP contribution in [0.15, 0.2) is 18.2 Å². The molecule has 0 unspecified atom stereocenters. The number of ether oxygens (including phenoxy) is 2. The normalized spacial score (nSPS) is 10.3.